The Morgan fingerprint density at radius 1 is 1.15 bits per heavy atom. The molecule has 0 spiro atoms. The van der Waals surface area contributed by atoms with Gasteiger partial charge in [0, 0.05) is 45.1 Å². The molecule has 3 rings (SSSR count). The number of aromatic nitrogens is 1. The molecule has 2 N–H and O–H groups in total. The Bertz CT molecular complexity index is 757. The minimum absolute atomic E-state index is 0.00515. The molecule has 0 bridgehead atoms. The van der Waals surface area contributed by atoms with E-state index in [9.17, 15) is 4.79 Å². The van der Waals surface area contributed by atoms with Crippen molar-refractivity contribution in [1.82, 2.24) is 15.2 Å². The van der Waals surface area contributed by atoms with Gasteiger partial charge in [0.25, 0.3) is 5.91 Å². The number of benzene rings is 1. The molecule has 7 heteroatoms. The summed E-state index contributed by atoms with van der Waals surface area (Å²) in [6, 6.07) is 11.7. The fourth-order valence-electron chi connectivity index (χ4n) is 2.98. The SMILES string of the molecule is CCNC(=NCCCN1C(=O)COc2ccccc21)NCCn1cccc1. The molecular weight excluding hydrogens is 342 g/mol. The number of aliphatic imine (C=N–C) groups is 1. The highest BCUT2D eigenvalue weighted by Crippen LogP contribution is 2.31. The van der Waals surface area contributed by atoms with Crippen molar-refractivity contribution in [2.45, 2.75) is 19.9 Å². The maximum Gasteiger partial charge on any atom is 0.265 e. The van der Waals surface area contributed by atoms with Gasteiger partial charge in [0.1, 0.15) is 5.75 Å². The molecule has 1 amide bonds. The molecule has 144 valence electrons. The van der Waals surface area contributed by atoms with E-state index in [-0.39, 0.29) is 12.5 Å². The number of ether oxygens (including phenoxy) is 1. The van der Waals surface area contributed by atoms with Gasteiger partial charge in [0.15, 0.2) is 12.6 Å². The van der Waals surface area contributed by atoms with Crippen LogP contribution in [0.1, 0.15) is 13.3 Å². The van der Waals surface area contributed by atoms with E-state index in [2.05, 4.69) is 20.2 Å². The van der Waals surface area contributed by atoms with Crippen molar-refractivity contribution in [1.29, 1.82) is 0 Å². The molecule has 1 aliphatic heterocycles. The van der Waals surface area contributed by atoms with Gasteiger partial charge in [-0.25, -0.2) is 0 Å². The number of carbonyl (C=O) groups is 1. The van der Waals surface area contributed by atoms with Crippen molar-refractivity contribution in [2.24, 2.45) is 4.99 Å². The van der Waals surface area contributed by atoms with Crippen LogP contribution in [-0.2, 0) is 11.3 Å². The summed E-state index contributed by atoms with van der Waals surface area (Å²) in [7, 11) is 0. The lowest BCUT2D eigenvalue weighted by molar-refractivity contribution is -0.121. The lowest BCUT2D eigenvalue weighted by Gasteiger charge is -2.29. The van der Waals surface area contributed by atoms with Crippen LogP contribution < -0.4 is 20.3 Å². The van der Waals surface area contributed by atoms with Gasteiger partial charge in [-0.05, 0) is 37.6 Å². The second kappa shape index (κ2) is 9.66. The van der Waals surface area contributed by atoms with Crippen LogP contribution >= 0.6 is 0 Å². The highest BCUT2D eigenvalue weighted by molar-refractivity contribution is 5.97. The van der Waals surface area contributed by atoms with E-state index in [1.54, 1.807) is 4.90 Å². The second-order valence-corrected chi connectivity index (χ2v) is 6.26. The molecule has 0 saturated carbocycles. The van der Waals surface area contributed by atoms with Crippen LogP contribution in [0.25, 0.3) is 0 Å². The summed E-state index contributed by atoms with van der Waals surface area (Å²) in [6.45, 7) is 5.92. The van der Waals surface area contributed by atoms with Crippen molar-refractivity contribution < 1.29 is 9.53 Å². The predicted octanol–water partition coefficient (Wildman–Crippen LogP) is 1.86. The molecule has 0 saturated heterocycles. The van der Waals surface area contributed by atoms with Crippen molar-refractivity contribution in [3.63, 3.8) is 0 Å². The van der Waals surface area contributed by atoms with E-state index in [0.717, 1.165) is 43.5 Å². The van der Waals surface area contributed by atoms with E-state index in [1.807, 2.05) is 55.7 Å². The number of hydrogen-bond donors (Lipinski definition) is 2. The minimum atomic E-state index is -0.00515. The molecule has 2 aromatic rings. The van der Waals surface area contributed by atoms with Crippen molar-refractivity contribution >= 4 is 17.6 Å². The maximum absolute atomic E-state index is 12.2. The number of hydrogen-bond acceptors (Lipinski definition) is 3. The van der Waals surface area contributed by atoms with E-state index in [1.165, 1.54) is 0 Å². The monoisotopic (exact) mass is 369 g/mol. The molecule has 0 radical (unpaired) electrons. The fraction of sp³-hybridized carbons (Fsp3) is 0.400. The highest BCUT2D eigenvalue weighted by Gasteiger charge is 2.24. The first-order valence-electron chi connectivity index (χ1n) is 9.43. The first kappa shape index (κ1) is 18.8. The first-order chi connectivity index (χ1) is 13.3. The summed E-state index contributed by atoms with van der Waals surface area (Å²) in [5.41, 5.74) is 0.842. The average Bonchev–Trinajstić information content (AvgIpc) is 3.20. The Balaban J connectivity index is 1.48. The van der Waals surface area contributed by atoms with Crippen LogP contribution in [0, 0.1) is 0 Å². The zero-order chi connectivity index (χ0) is 18.9. The van der Waals surface area contributed by atoms with E-state index in [0.29, 0.717) is 13.1 Å². The standard InChI is InChI=1S/C20H27N5O2/c1-2-21-20(23-11-15-24-12-5-6-13-24)22-10-7-14-25-17-8-3-4-9-18(17)27-16-19(25)26/h3-6,8-9,12-13H,2,7,10-11,14-16H2,1H3,(H2,21,22,23). The van der Waals surface area contributed by atoms with Gasteiger partial charge in [0.2, 0.25) is 0 Å². The number of fused-ring (bicyclic) bond motifs is 1. The molecule has 27 heavy (non-hydrogen) atoms. The van der Waals surface area contributed by atoms with Crippen molar-refractivity contribution in [3.8, 4) is 5.75 Å². The van der Waals surface area contributed by atoms with E-state index in [4.69, 9.17) is 4.74 Å². The van der Waals surface area contributed by atoms with Crippen LogP contribution in [0.4, 0.5) is 5.69 Å². The average molecular weight is 369 g/mol. The van der Waals surface area contributed by atoms with Crippen molar-refractivity contribution in [3.05, 3.63) is 48.8 Å². The van der Waals surface area contributed by atoms with E-state index >= 15 is 0 Å². The molecule has 0 atom stereocenters. The zero-order valence-corrected chi connectivity index (χ0v) is 15.7. The number of nitrogens with one attached hydrogen (secondary N) is 2. The van der Waals surface area contributed by atoms with Gasteiger partial charge in [-0.1, -0.05) is 12.1 Å². The Morgan fingerprint density at radius 3 is 2.78 bits per heavy atom. The van der Waals surface area contributed by atoms with Gasteiger partial charge in [-0.15, -0.1) is 0 Å². The topological polar surface area (TPSA) is 70.9 Å². The third-order valence-corrected chi connectivity index (χ3v) is 4.29. The summed E-state index contributed by atoms with van der Waals surface area (Å²) in [5, 5.41) is 6.59. The first-order valence-corrected chi connectivity index (χ1v) is 9.43. The normalized spacial score (nSPS) is 13.9. The fourth-order valence-corrected chi connectivity index (χ4v) is 2.98. The van der Waals surface area contributed by atoms with E-state index < -0.39 is 0 Å². The zero-order valence-electron chi connectivity index (χ0n) is 15.7. The van der Waals surface area contributed by atoms with Gasteiger partial charge in [0.05, 0.1) is 5.69 Å². The summed E-state index contributed by atoms with van der Waals surface area (Å²) in [4.78, 5) is 18.6. The maximum atomic E-state index is 12.2. The summed E-state index contributed by atoms with van der Waals surface area (Å²) in [6.07, 6.45) is 4.88. The van der Waals surface area contributed by atoms with Gasteiger partial charge < -0.3 is 24.8 Å². The molecule has 0 unspecified atom stereocenters. The Labute approximate surface area is 160 Å². The summed E-state index contributed by atoms with van der Waals surface area (Å²) >= 11 is 0. The number of amides is 1. The number of anilines is 1. The second-order valence-electron chi connectivity index (χ2n) is 6.26. The molecule has 7 nitrogen and oxygen atoms in total. The number of nitrogens with zero attached hydrogens (tertiary/aromatic N) is 3. The lowest BCUT2D eigenvalue weighted by Crippen LogP contribution is -2.40. The third-order valence-electron chi connectivity index (χ3n) is 4.29. The Hall–Kier alpha value is -2.96. The molecule has 2 heterocycles. The molecule has 1 aromatic carbocycles. The number of para-hydroxylation sites is 2. The molecule has 0 fully saturated rings. The van der Waals surface area contributed by atoms with Gasteiger partial charge >= 0.3 is 0 Å². The largest absolute Gasteiger partial charge is 0.482 e. The third kappa shape index (κ3) is 5.26. The van der Waals surface area contributed by atoms with Crippen LogP contribution in [0.3, 0.4) is 0 Å². The summed E-state index contributed by atoms with van der Waals surface area (Å²) < 4.78 is 7.60. The molecule has 1 aliphatic rings. The van der Waals surface area contributed by atoms with Gasteiger partial charge in [-0.3, -0.25) is 9.79 Å². The van der Waals surface area contributed by atoms with Gasteiger partial charge in [-0.2, -0.15) is 0 Å². The molecular formula is C20H27N5O2. The van der Waals surface area contributed by atoms with Crippen LogP contribution in [0.2, 0.25) is 0 Å². The molecule has 1 aromatic heterocycles. The number of guanidine groups is 1. The predicted molar refractivity (Wildman–Crippen MR) is 107 cm³/mol. The Morgan fingerprint density at radius 2 is 1.96 bits per heavy atom. The number of carbonyl (C=O) groups excluding carboxylic acids is 1. The van der Waals surface area contributed by atoms with Crippen LogP contribution in [0.15, 0.2) is 53.8 Å². The quantitative estimate of drug-likeness (QED) is 0.423. The Kier molecular flexibility index (Phi) is 6.73. The smallest absolute Gasteiger partial charge is 0.265 e. The lowest BCUT2D eigenvalue weighted by atomic mass is 10.2. The van der Waals surface area contributed by atoms with Crippen LogP contribution in [-0.4, -0.2) is 49.2 Å². The number of rotatable bonds is 8. The highest BCUT2D eigenvalue weighted by atomic mass is 16.5. The van der Waals surface area contributed by atoms with Crippen LogP contribution in [0.5, 0.6) is 5.75 Å². The summed E-state index contributed by atoms with van der Waals surface area (Å²) in [5.74, 6) is 1.56. The molecule has 0 aliphatic carbocycles. The van der Waals surface area contributed by atoms with Crippen molar-refractivity contribution in [2.75, 3.05) is 37.7 Å². The minimum Gasteiger partial charge on any atom is -0.482 e.